The zero-order valence-corrected chi connectivity index (χ0v) is 24.0. The molecular formula is C31H38N8O2. The highest BCUT2D eigenvalue weighted by molar-refractivity contribution is 5.98. The van der Waals surface area contributed by atoms with Crippen LogP contribution in [0.1, 0.15) is 34.8 Å². The Hall–Kier alpha value is -4.28. The van der Waals surface area contributed by atoms with Gasteiger partial charge in [0.15, 0.2) is 5.65 Å². The molecule has 1 unspecified atom stereocenters. The van der Waals surface area contributed by atoms with Gasteiger partial charge in [0.2, 0.25) is 0 Å². The first-order chi connectivity index (χ1) is 19.9. The molecule has 10 nitrogen and oxygen atoms in total. The van der Waals surface area contributed by atoms with Crippen LogP contribution in [0.3, 0.4) is 0 Å². The zero-order chi connectivity index (χ0) is 28.8. The van der Waals surface area contributed by atoms with E-state index in [1.807, 2.05) is 41.1 Å². The van der Waals surface area contributed by atoms with Crippen molar-refractivity contribution in [2.45, 2.75) is 25.4 Å². The number of ether oxygens (including phenoxy) is 1. The summed E-state index contributed by atoms with van der Waals surface area (Å²) in [4.78, 5) is 26.2. The predicted molar refractivity (Wildman–Crippen MR) is 162 cm³/mol. The number of nitrogens with zero attached hydrogens (tertiary/aromatic N) is 6. The summed E-state index contributed by atoms with van der Waals surface area (Å²) in [6, 6.07) is 15.4. The van der Waals surface area contributed by atoms with Gasteiger partial charge in [-0.3, -0.25) is 9.69 Å². The van der Waals surface area contributed by atoms with E-state index in [0.29, 0.717) is 23.7 Å². The van der Waals surface area contributed by atoms with Gasteiger partial charge in [0.1, 0.15) is 23.6 Å². The van der Waals surface area contributed by atoms with Crippen molar-refractivity contribution in [1.29, 1.82) is 0 Å². The molecule has 214 valence electrons. The van der Waals surface area contributed by atoms with E-state index >= 15 is 0 Å². The largest absolute Gasteiger partial charge is 0.496 e. The summed E-state index contributed by atoms with van der Waals surface area (Å²) >= 11 is 0. The first-order valence-corrected chi connectivity index (χ1v) is 14.0. The maximum absolute atomic E-state index is 12.7. The maximum Gasteiger partial charge on any atom is 0.255 e. The number of piperidine rings is 1. The number of nitrogen functional groups attached to an aromatic ring is 1. The Morgan fingerprint density at radius 2 is 1.95 bits per heavy atom. The van der Waals surface area contributed by atoms with E-state index in [9.17, 15) is 4.79 Å². The van der Waals surface area contributed by atoms with Crippen LogP contribution in [0, 0.1) is 0 Å². The number of likely N-dealkylation sites (N-methyl/N-ethyl adjacent to an activating group) is 1. The summed E-state index contributed by atoms with van der Waals surface area (Å²) < 4.78 is 7.35. The molecule has 2 aromatic carbocycles. The van der Waals surface area contributed by atoms with Gasteiger partial charge in [0, 0.05) is 31.7 Å². The van der Waals surface area contributed by atoms with Crippen LogP contribution in [0.4, 0.5) is 5.82 Å². The molecule has 3 heterocycles. The quantitative estimate of drug-likeness (QED) is 0.285. The molecule has 10 heteroatoms. The number of methoxy groups -OCH3 is 1. The molecule has 0 bridgehead atoms. The SMILES string of the molecule is COc1ccccc1C(=O)NCc1ccc(-c2nn(C3CCCN(C/C=C/CN(C)C)C3)c3ncnc(N)c23)cc1. The number of hydrogen-bond acceptors (Lipinski definition) is 8. The maximum atomic E-state index is 12.7. The van der Waals surface area contributed by atoms with Crippen LogP contribution in [0.15, 0.2) is 67.0 Å². The smallest absolute Gasteiger partial charge is 0.255 e. The van der Waals surface area contributed by atoms with Gasteiger partial charge < -0.3 is 20.7 Å². The second kappa shape index (κ2) is 12.9. The Morgan fingerprint density at radius 1 is 1.15 bits per heavy atom. The van der Waals surface area contributed by atoms with Gasteiger partial charge in [-0.2, -0.15) is 5.10 Å². The van der Waals surface area contributed by atoms with Crippen LogP contribution in [0.25, 0.3) is 22.3 Å². The van der Waals surface area contributed by atoms with Gasteiger partial charge in [-0.15, -0.1) is 0 Å². The number of anilines is 1. The van der Waals surface area contributed by atoms with Crippen LogP contribution in [0.2, 0.25) is 0 Å². The molecule has 3 N–H and O–H groups in total. The molecule has 4 aromatic rings. The molecule has 1 aliphatic heterocycles. The van der Waals surface area contributed by atoms with E-state index in [2.05, 4.69) is 51.3 Å². The van der Waals surface area contributed by atoms with E-state index < -0.39 is 0 Å². The van der Waals surface area contributed by atoms with Crippen molar-refractivity contribution in [3.63, 3.8) is 0 Å². The highest BCUT2D eigenvalue weighted by atomic mass is 16.5. The van der Waals surface area contributed by atoms with Crippen molar-refractivity contribution < 1.29 is 9.53 Å². The molecule has 2 aromatic heterocycles. The number of aromatic nitrogens is 4. The highest BCUT2D eigenvalue weighted by Crippen LogP contribution is 2.33. The average Bonchev–Trinajstić information content (AvgIpc) is 3.39. The van der Waals surface area contributed by atoms with Gasteiger partial charge in [0.05, 0.1) is 24.1 Å². The fourth-order valence-electron chi connectivity index (χ4n) is 5.25. The molecule has 0 spiro atoms. The van der Waals surface area contributed by atoms with Gasteiger partial charge >= 0.3 is 0 Å². The molecular weight excluding hydrogens is 516 g/mol. The molecule has 5 rings (SSSR count). The Balaban J connectivity index is 1.33. The molecule has 1 aliphatic rings. The average molecular weight is 555 g/mol. The number of rotatable bonds is 10. The number of benzene rings is 2. The number of fused-ring (bicyclic) bond motifs is 1. The van der Waals surface area contributed by atoms with Gasteiger partial charge in [0.25, 0.3) is 5.91 Å². The third kappa shape index (κ3) is 6.55. The van der Waals surface area contributed by atoms with Gasteiger partial charge in [-0.05, 0) is 51.2 Å². The van der Waals surface area contributed by atoms with E-state index in [0.717, 1.165) is 66.9 Å². The van der Waals surface area contributed by atoms with Crippen molar-refractivity contribution in [2.75, 3.05) is 53.1 Å². The number of hydrogen-bond donors (Lipinski definition) is 2. The van der Waals surface area contributed by atoms with Crippen molar-refractivity contribution >= 4 is 22.8 Å². The zero-order valence-electron chi connectivity index (χ0n) is 24.0. The normalized spacial score (nSPS) is 16.0. The number of carbonyl (C=O) groups excluding carboxylic acids is 1. The van der Waals surface area contributed by atoms with Gasteiger partial charge in [-0.25, -0.2) is 14.6 Å². The van der Waals surface area contributed by atoms with E-state index in [4.69, 9.17) is 15.6 Å². The summed E-state index contributed by atoms with van der Waals surface area (Å²) in [5.74, 6) is 0.782. The van der Waals surface area contributed by atoms with Crippen LogP contribution in [0.5, 0.6) is 5.75 Å². The molecule has 41 heavy (non-hydrogen) atoms. The standard InChI is InChI=1S/C31H38N8O2/c1-37(2)16-6-7-17-38-18-8-9-24(20-38)39-30-27(29(32)34-21-35-30)28(36-39)23-14-12-22(13-15-23)19-33-31(40)25-10-4-5-11-26(25)41-3/h4-7,10-15,21,24H,8-9,16-20H2,1-3H3,(H,33,40)(H2,32,34,35)/b7-6+. The number of carbonyl (C=O) groups is 1. The minimum Gasteiger partial charge on any atom is -0.496 e. The lowest BCUT2D eigenvalue weighted by Crippen LogP contribution is -2.37. The Kier molecular flexibility index (Phi) is 8.91. The lowest BCUT2D eigenvalue weighted by molar-refractivity contribution is 0.0948. The fraction of sp³-hybridized carbons (Fsp3) is 0.355. The van der Waals surface area contributed by atoms with E-state index in [-0.39, 0.29) is 11.9 Å². The first-order valence-electron chi connectivity index (χ1n) is 14.0. The molecule has 1 amide bonds. The highest BCUT2D eigenvalue weighted by Gasteiger charge is 2.26. The Labute approximate surface area is 240 Å². The summed E-state index contributed by atoms with van der Waals surface area (Å²) in [7, 11) is 5.71. The summed E-state index contributed by atoms with van der Waals surface area (Å²) in [6.45, 7) is 4.22. The van der Waals surface area contributed by atoms with Gasteiger partial charge in [-0.1, -0.05) is 48.6 Å². The minimum absolute atomic E-state index is 0.184. The Morgan fingerprint density at radius 3 is 2.73 bits per heavy atom. The number of amides is 1. The van der Waals surface area contributed by atoms with E-state index in [1.54, 1.807) is 19.2 Å². The molecule has 1 atom stereocenters. The summed E-state index contributed by atoms with van der Waals surface area (Å²) in [5, 5.41) is 8.80. The van der Waals surface area contributed by atoms with Crippen LogP contribution >= 0.6 is 0 Å². The van der Waals surface area contributed by atoms with Crippen molar-refractivity contribution in [3.05, 3.63) is 78.1 Å². The molecule has 1 fully saturated rings. The lowest BCUT2D eigenvalue weighted by Gasteiger charge is -2.32. The lowest BCUT2D eigenvalue weighted by atomic mass is 10.1. The Bertz CT molecular complexity index is 1510. The predicted octanol–water partition coefficient (Wildman–Crippen LogP) is 3.77. The van der Waals surface area contributed by atoms with Crippen LogP contribution < -0.4 is 15.8 Å². The number of para-hydroxylation sites is 1. The third-order valence-corrected chi connectivity index (χ3v) is 7.38. The van der Waals surface area contributed by atoms with Crippen molar-refractivity contribution in [2.24, 2.45) is 0 Å². The number of likely N-dealkylation sites (tertiary alicyclic amines) is 1. The third-order valence-electron chi connectivity index (χ3n) is 7.38. The van der Waals surface area contributed by atoms with Crippen LogP contribution in [-0.4, -0.2) is 82.8 Å². The molecule has 0 saturated carbocycles. The topological polar surface area (TPSA) is 114 Å². The molecule has 0 aliphatic carbocycles. The first kappa shape index (κ1) is 28.3. The van der Waals surface area contributed by atoms with Crippen molar-refractivity contribution in [3.8, 4) is 17.0 Å². The monoisotopic (exact) mass is 554 g/mol. The molecule has 0 radical (unpaired) electrons. The van der Waals surface area contributed by atoms with Crippen molar-refractivity contribution in [1.82, 2.24) is 34.9 Å². The molecule has 1 saturated heterocycles. The summed E-state index contributed by atoms with van der Waals surface area (Å²) in [5.41, 5.74) is 10.3. The number of nitrogens with one attached hydrogen (secondary N) is 1. The summed E-state index contributed by atoms with van der Waals surface area (Å²) in [6.07, 6.45) is 8.10. The fourth-order valence-corrected chi connectivity index (χ4v) is 5.25. The van der Waals surface area contributed by atoms with Crippen LogP contribution in [-0.2, 0) is 6.54 Å². The number of nitrogens with two attached hydrogens (primary N) is 1. The van der Waals surface area contributed by atoms with E-state index in [1.165, 1.54) is 6.33 Å². The second-order valence-electron chi connectivity index (χ2n) is 10.6. The minimum atomic E-state index is -0.184. The second-order valence-corrected chi connectivity index (χ2v) is 10.6.